The normalized spacial score (nSPS) is 23.0. The van der Waals surface area contributed by atoms with Crippen molar-refractivity contribution in [3.63, 3.8) is 0 Å². The molecular weight excluding hydrogens is 272 g/mol. The topological polar surface area (TPSA) is 92.9 Å². The number of nitrogens with two attached hydrogens (primary N) is 1. The van der Waals surface area contributed by atoms with Gasteiger partial charge in [0.15, 0.2) is 0 Å². The van der Waals surface area contributed by atoms with Crippen LogP contribution in [0.5, 0.6) is 0 Å². The summed E-state index contributed by atoms with van der Waals surface area (Å²) in [6, 6.07) is 8.06. The van der Waals surface area contributed by atoms with E-state index in [2.05, 4.69) is 0 Å². The number of carboxylic acids is 1. The van der Waals surface area contributed by atoms with Gasteiger partial charge in [-0.15, -0.1) is 0 Å². The molecule has 3 unspecified atom stereocenters. The molecule has 0 spiro atoms. The van der Waals surface area contributed by atoms with Gasteiger partial charge in [0, 0.05) is 13.0 Å². The molecule has 0 radical (unpaired) electrons. The van der Waals surface area contributed by atoms with Crippen LogP contribution in [-0.4, -0.2) is 46.6 Å². The second kappa shape index (κ2) is 6.69. The van der Waals surface area contributed by atoms with Crippen LogP contribution in [0.1, 0.15) is 18.9 Å². The van der Waals surface area contributed by atoms with Crippen molar-refractivity contribution < 1.29 is 19.4 Å². The van der Waals surface area contributed by atoms with E-state index in [1.54, 1.807) is 6.92 Å². The number of likely N-dealkylation sites (tertiary alicyclic amines) is 1. The first-order valence-electron chi connectivity index (χ1n) is 6.93. The van der Waals surface area contributed by atoms with E-state index in [-0.39, 0.29) is 18.6 Å². The van der Waals surface area contributed by atoms with Gasteiger partial charge in [0.1, 0.15) is 6.04 Å². The number of carbonyl (C=O) groups is 2. The molecule has 0 bridgehead atoms. The van der Waals surface area contributed by atoms with E-state index >= 15 is 0 Å². The third-order valence-electron chi connectivity index (χ3n) is 3.55. The van der Waals surface area contributed by atoms with Gasteiger partial charge in [-0.1, -0.05) is 30.3 Å². The van der Waals surface area contributed by atoms with Gasteiger partial charge in [-0.25, -0.2) is 4.79 Å². The van der Waals surface area contributed by atoms with Gasteiger partial charge in [-0.3, -0.25) is 4.79 Å². The Morgan fingerprint density at radius 2 is 2.10 bits per heavy atom. The summed E-state index contributed by atoms with van der Waals surface area (Å²) in [6.07, 6.45) is 0.00896. The van der Waals surface area contributed by atoms with Gasteiger partial charge in [0.05, 0.1) is 18.8 Å². The number of carbonyl (C=O) groups excluding carboxylic acids is 1. The monoisotopic (exact) mass is 292 g/mol. The van der Waals surface area contributed by atoms with E-state index in [0.717, 1.165) is 5.56 Å². The fourth-order valence-corrected chi connectivity index (χ4v) is 2.45. The molecule has 6 heteroatoms. The van der Waals surface area contributed by atoms with Crippen LogP contribution < -0.4 is 5.73 Å². The van der Waals surface area contributed by atoms with Crippen LogP contribution in [0.4, 0.5) is 0 Å². The average Bonchev–Trinajstić information content (AvgIpc) is 2.89. The fourth-order valence-electron chi connectivity index (χ4n) is 2.45. The Balaban J connectivity index is 1.97. The Kier molecular flexibility index (Phi) is 4.93. The summed E-state index contributed by atoms with van der Waals surface area (Å²) in [7, 11) is 0. The molecule has 1 fully saturated rings. The van der Waals surface area contributed by atoms with Crippen LogP contribution in [0.3, 0.4) is 0 Å². The molecule has 1 aromatic rings. The molecule has 1 heterocycles. The van der Waals surface area contributed by atoms with Crippen molar-refractivity contribution in [2.24, 2.45) is 5.73 Å². The van der Waals surface area contributed by atoms with E-state index < -0.39 is 18.1 Å². The van der Waals surface area contributed by atoms with Crippen LogP contribution in [0.2, 0.25) is 0 Å². The first-order chi connectivity index (χ1) is 9.99. The molecule has 1 amide bonds. The lowest BCUT2D eigenvalue weighted by Gasteiger charge is -2.23. The predicted octanol–water partition coefficient (Wildman–Crippen LogP) is 0.604. The van der Waals surface area contributed by atoms with Crippen LogP contribution in [0.25, 0.3) is 0 Å². The molecule has 0 aliphatic carbocycles. The number of carboxylic acid groups (broad SMARTS) is 1. The minimum Gasteiger partial charge on any atom is -0.480 e. The van der Waals surface area contributed by atoms with Crippen LogP contribution >= 0.6 is 0 Å². The van der Waals surface area contributed by atoms with Crippen molar-refractivity contribution in [2.45, 2.75) is 38.1 Å². The van der Waals surface area contributed by atoms with Crippen molar-refractivity contribution >= 4 is 11.9 Å². The minimum atomic E-state index is -1.02. The van der Waals surface area contributed by atoms with E-state index in [4.69, 9.17) is 10.5 Å². The van der Waals surface area contributed by atoms with E-state index in [9.17, 15) is 14.7 Å². The average molecular weight is 292 g/mol. The maximum Gasteiger partial charge on any atom is 0.326 e. The number of amides is 1. The summed E-state index contributed by atoms with van der Waals surface area (Å²) in [5.74, 6) is -1.37. The van der Waals surface area contributed by atoms with Crippen molar-refractivity contribution in [3.8, 4) is 0 Å². The molecule has 0 aromatic heterocycles. The van der Waals surface area contributed by atoms with Gasteiger partial charge in [-0.2, -0.15) is 0 Å². The zero-order chi connectivity index (χ0) is 15.4. The van der Waals surface area contributed by atoms with Gasteiger partial charge in [-0.05, 0) is 12.5 Å². The first-order valence-corrected chi connectivity index (χ1v) is 6.93. The number of benzene rings is 1. The minimum absolute atomic E-state index is 0.268. The highest BCUT2D eigenvalue weighted by Crippen LogP contribution is 2.22. The Morgan fingerprint density at radius 3 is 2.67 bits per heavy atom. The lowest BCUT2D eigenvalue weighted by molar-refractivity contribution is -0.148. The fraction of sp³-hybridized carbons (Fsp3) is 0.467. The summed E-state index contributed by atoms with van der Waals surface area (Å²) in [5.41, 5.74) is 6.58. The highest BCUT2D eigenvalue weighted by Gasteiger charge is 2.40. The second-order valence-corrected chi connectivity index (χ2v) is 5.29. The molecule has 1 aromatic carbocycles. The summed E-state index contributed by atoms with van der Waals surface area (Å²) in [5, 5.41) is 9.23. The van der Waals surface area contributed by atoms with Gasteiger partial charge in [0.25, 0.3) is 0 Å². The molecule has 1 saturated heterocycles. The van der Waals surface area contributed by atoms with Gasteiger partial charge in [0.2, 0.25) is 5.91 Å². The highest BCUT2D eigenvalue weighted by molar-refractivity contribution is 5.87. The summed E-state index contributed by atoms with van der Waals surface area (Å²) >= 11 is 0. The summed E-state index contributed by atoms with van der Waals surface area (Å²) in [4.78, 5) is 24.5. The number of aliphatic carboxylic acids is 1. The van der Waals surface area contributed by atoms with Crippen LogP contribution in [0.15, 0.2) is 30.3 Å². The van der Waals surface area contributed by atoms with Crippen molar-refractivity contribution in [3.05, 3.63) is 35.9 Å². The second-order valence-electron chi connectivity index (χ2n) is 5.29. The zero-order valence-corrected chi connectivity index (χ0v) is 11.9. The third kappa shape index (κ3) is 3.80. The van der Waals surface area contributed by atoms with E-state index in [0.29, 0.717) is 13.0 Å². The summed E-state index contributed by atoms with van der Waals surface area (Å²) < 4.78 is 5.73. The molecule has 1 aliphatic rings. The number of nitrogens with zero attached hydrogens (tertiary/aromatic N) is 1. The van der Waals surface area contributed by atoms with Crippen molar-refractivity contribution in [1.82, 2.24) is 4.90 Å². The SMILES string of the molecule is CC(N)C(=O)N1CC(OCc2ccccc2)CC1C(=O)O. The van der Waals surface area contributed by atoms with E-state index in [1.807, 2.05) is 30.3 Å². The van der Waals surface area contributed by atoms with E-state index in [1.165, 1.54) is 4.90 Å². The Hall–Kier alpha value is -1.92. The zero-order valence-electron chi connectivity index (χ0n) is 11.9. The Bertz CT molecular complexity index is 504. The van der Waals surface area contributed by atoms with Crippen LogP contribution in [-0.2, 0) is 20.9 Å². The molecule has 114 valence electrons. The molecule has 3 N–H and O–H groups in total. The quantitative estimate of drug-likeness (QED) is 0.829. The molecule has 3 atom stereocenters. The molecule has 0 saturated carbocycles. The van der Waals surface area contributed by atoms with Crippen molar-refractivity contribution in [2.75, 3.05) is 6.54 Å². The summed E-state index contributed by atoms with van der Waals surface area (Å²) in [6.45, 7) is 2.22. The maximum absolute atomic E-state index is 12.0. The Labute approximate surface area is 123 Å². The smallest absolute Gasteiger partial charge is 0.326 e. The van der Waals surface area contributed by atoms with Gasteiger partial charge >= 0.3 is 5.97 Å². The molecule has 21 heavy (non-hydrogen) atoms. The van der Waals surface area contributed by atoms with Gasteiger partial charge < -0.3 is 20.5 Å². The lowest BCUT2D eigenvalue weighted by atomic mass is 10.2. The Morgan fingerprint density at radius 1 is 1.43 bits per heavy atom. The first kappa shape index (κ1) is 15.5. The molecular formula is C15H20N2O4. The molecule has 1 aliphatic heterocycles. The number of hydrogen-bond donors (Lipinski definition) is 2. The molecule has 2 rings (SSSR count). The number of hydrogen-bond acceptors (Lipinski definition) is 4. The maximum atomic E-state index is 12.0. The van der Waals surface area contributed by atoms with Crippen molar-refractivity contribution in [1.29, 1.82) is 0 Å². The highest BCUT2D eigenvalue weighted by atomic mass is 16.5. The lowest BCUT2D eigenvalue weighted by Crippen LogP contribution is -2.47. The van der Waals surface area contributed by atoms with Crippen LogP contribution in [0, 0.1) is 0 Å². The predicted molar refractivity (Wildman–Crippen MR) is 76.4 cm³/mol. The molecule has 6 nitrogen and oxygen atoms in total. The number of ether oxygens (including phenoxy) is 1. The number of rotatable bonds is 5. The third-order valence-corrected chi connectivity index (χ3v) is 3.55. The largest absolute Gasteiger partial charge is 0.480 e. The standard InChI is InChI=1S/C15H20N2O4/c1-10(16)14(18)17-8-12(7-13(17)15(19)20)21-9-11-5-3-2-4-6-11/h2-6,10,12-13H,7-9,16H2,1H3,(H,19,20).